The minimum atomic E-state index is -0.919. The second-order valence-corrected chi connectivity index (χ2v) is 6.50. The molecule has 2 aromatic heterocycles. The number of carboxylic acids is 1. The fraction of sp³-hybridized carbons (Fsp3) is 0.300. The molecule has 0 bridgehead atoms. The summed E-state index contributed by atoms with van der Waals surface area (Å²) in [6.07, 6.45) is 8.36. The predicted molar refractivity (Wildman–Crippen MR) is 103 cm³/mol. The molecule has 1 N–H and O–H groups in total. The maximum absolute atomic E-state index is 11.0. The van der Waals surface area contributed by atoms with E-state index in [1.807, 2.05) is 6.92 Å². The molecular weight excluding hydrogens is 368 g/mol. The molecule has 0 amide bonds. The molecule has 2 aromatic rings. The average molecular weight is 389 g/mol. The number of aryl methyl sites for hydroxylation is 2. The van der Waals surface area contributed by atoms with E-state index in [1.54, 1.807) is 19.1 Å². The van der Waals surface area contributed by atoms with Gasteiger partial charge in [0.05, 0.1) is 23.9 Å². The van der Waals surface area contributed by atoms with Crippen LogP contribution in [0.3, 0.4) is 0 Å². The lowest BCUT2D eigenvalue weighted by Gasteiger charge is -2.06. The van der Waals surface area contributed by atoms with Gasteiger partial charge in [0, 0.05) is 12.4 Å². The molecule has 0 spiro atoms. The summed E-state index contributed by atoms with van der Waals surface area (Å²) in [5, 5.41) is 9.22. The Labute approximate surface area is 162 Å². The van der Waals surface area contributed by atoms with Crippen LogP contribution in [0.15, 0.2) is 30.6 Å². The van der Waals surface area contributed by atoms with Gasteiger partial charge >= 0.3 is 11.9 Å². The molecule has 3 rings (SSSR count). The van der Waals surface area contributed by atoms with Gasteiger partial charge in [0.2, 0.25) is 0 Å². The van der Waals surface area contributed by atoms with Crippen molar-refractivity contribution in [3.8, 4) is 0 Å². The van der Waals surface area contributed by atoms with E-state index in [9.17, 15) is 9.59 Å². The average Bonchev–Trinajstić information content (AvgIpc) is 3.18. The van der Waals surface area contributed by atoms with E-state index in [1.165, 1.54) is 31.5 Å². The lowest BCUT2D eigenvalue weighted by molar-refractivity contribution is 0.0599. The maximum atomic E-state index is 11.0. The highest BCUT2D eigenvalue weighted by Crippen LogP contribution is 2.28. The Bertz CT molecular complexity index is 894. The molecule has 0 atom stereocenters. The molecule has 0 aliphatic heterocycles. The van der Waals surface area contributed by atoms with E-state index >= 15 is 0 Å². The molecule has 0 saturated carbocycles. The van der Waals surface area contributed by atoms with Gasteiger partial charge in [-0.1, -0.05) is 17.7 Å². The lowest BCUT2D eigenvalue weighted by Crippen LogP contribution is -2.02. The third-order valence-corrected chi connectivity index (χ3v) is 4.50. The van der Waals surface area contributed by atoms with Crippen LogP contribution < -0.4 is 0 Å². The van der Waals surface area contributed by atoms with Gasteiger partial charge in [-0.2, -0.15) is 0 Å². The van der Waals surface area contributed by atoms with Crippen molar-refractivity contribution < 1.29 is 19.4 Å². The summed E-state index contributed by atoms with van der Waals surface area (Å²) in [5.41, 5.74) is 4.60. The maximum Gasteiger partial charge on any atom is 0.339 e. The van der Waals surface area contributed by atoms with Gasteiger partial charge in [0.1, 0.15) is 5.15 Å². The Morgan fingerprint density at radius 2 is 1.78 bits per heavy atom. The molecule has 1 aliphatic rings. The number of ether oxygens (including phenoxy) is 1. The summed E-state index contributed by atoms with van der Waals surface area (Å²) < 4.78 is 4.51. The van der Waals surface area contributed by atoms with Crippen LogP contribution in [0.25, 0.3) is 5.57 Å². The van der Waals surface area contributed by atoms with E-state index in [-0.39, 0.29) is 5.56 Å². The quantitative estimate of drug-likeness (QED) is 0.615. The van der Waals surface area contributed by atoms with Crippen molar-refractivity contribution in [2.24, 2.45) is 0 Å². The Morgan fingerprint density at radius 3 is 2.30 bits per heavy atom. The van der Waals surface area contributed by atoms with Gasteiger partial charge in [0.25, 0.3) is 0 Å². The summed E-state index contributed by atoms with van der Waals surface area (Å²) in [5.74, 6) is -1.32. The number of aromatic nitrogens is 2. The van der Waals surface area contributed by atoms with E-state index < -0.39 is 11.9 Å². The van der Waals surface area contributed by atoms with Crippen molar-refractivity contribution in [1.82, 2.24) is 9.97 Å². The van der Waals surface area contributed by atoms with Crippen LogP contribution in [-0.4, -0.2) is 34.1 Å². The number of esters is 1. The molecular formula is C20H21ClN2O4. The molecule has 6 nitrogen and oxygen atoms in total. The van der Waals surface area contributed by atoms with Gasteiger partial charge in [-0.15, -0.1) is 0 Å². The van der Waals surface area contributed by atoms with Gasteiger partial charge in [-0.3, -0.25) is 4.98 Å². The van der Waals surface area contributed by atoms with Crippen LogP contribution in [0.5, 0.6) is 0 Å². The Morgan fingerprint density at radius 1 is 1.11 bits per heavy atom. The number of allylic oxidation sites excluding steroid dienone is 2. The highest BCUT2D eigenvalue weighted by atomic mass is 35.5. The van der Waals surface area contributed by atoms with Crippen molar-refractivity contribution in [1.29, 1.82) is 0 Å². The molecule has 0 unspecified atom stereocenters. The van der Waals surface area contributed by atoms with Crippen molar-refractivity contribution in [2.45, 2.75) is 33.1 Å². The first kappa shape index (κ1) is 20.6. The van der Waals surface area contributed by atoms with Gasteiger partial charge in [0.15, 0.2) is 0 Å². The number of aromatic carboxylic acids is 1. The zero-order valence-corrected chi connectivity index (χ0v) is 16.2. The second-order valence-electron chi connectivity index (χ2n) is 6.14. The van der Waals surface area contributed by atoms with E-state index in [2.05, 4.69) is 20.8 Å². The molecule has 0 saturated heterocycles. The third-order valence-electron chi connectivity index (χ3n) is 4.11. The standard InChI is InChI=1S/C12H13NO2.C8H8ClNO2/c1-8-6-10(12(14)15)7-13-11(8)9-4-2-3-5-9;1-5-3-6(8(11)12-2)4-10-7(5)9/h4,6-7H,2-3,5H2,1H3,(H,14,15);3-4H,1-2H3. The topological polar surface area (TPSA) is 89.4 Å². The molecule has 27 heavy (non-hydrogen) atoms. The minimum Gasteiger partial charge on any atom is -0.478 e. The van der Waals surface area contributed by atoms with Crippen LogP contribution in [0.2, 0.25) is 5.15 Å². The monoisotopic (exact) mass is 388 g/mol. The summed E-state index contributed by atoms with van der Waals surface area (Å²) in [7, 11) is 1.33. The highest BCUT2D eigenvalue weighted by molar-refractivity contribution is 6.30. The van der Waals surface area contributed by atoms with Gasteiger partial charge < -0.3 is 9.84 Å². The van der Waals surface area contributed by atoms with Gasteiger partial charge in [-0.25, -0.2) is 14.6 Å². The first-order chi connectivity index (χ1) is 12.8. The van der Waals surface area contributed by atoms with Crippen molar-refractivity contribution in [2.75, 3.05) is 7.11 Å². The Balaban J connectivity index is 0.000000199. The van der Waals surface area contributed by atoms with Crippen molar-refractivity contribution in [3.63, 3.8) is 0 Å². The summed E-state index contributed by atoms with van der Waals surface area (Å²) >= 11 is 5.67. The van der Waals surface area contributed by atoms with Crippen molar-refractivity contribution >= 4 is 29.1 Å². The summed E-state index contributed by atoms with van der Waals surface area (Å²) in [4.78, 5) is 29.7. The first-order valence-corrected chi connectivity index (χ1v) is 8.81. The Hall–Kier alpha value is -2.73. The molecule has 142 valence electrons. The number of methoxy groups -OCH3 is 1. The van der Waals surface area contributed by atoms with Crippen LogP contribution >= 0.6 is 11.6 Å². The number of hydrogen-bond donors (Lipinski definition) is 1. The summed E-state index contributed by atoms with van der Waals surface area (Å²) in [6, 6.07) is 3.32. The molecule has 0 fully saturated rings. The molecule has 7 heteroatoms. The van der Waals surface area contributed by atoms with E-state index in [4.69, 9.17) is 16.7 Å². The fourth-order valence-electron chi connectivity index (χ4n) is 2.70. The SMILES string of the molecule is COC(=O)c1cnc(Cl)c(C)c1.Cc1cc(C(=O)O)cnc1C1=CCCC1. The van der Waals surface area contributed by atoms with Crippen molar-refractivity contribution in [3.05, 3.63) is 63.7 Å². The zero-order chi connectivity index (χ0) is 20.0. The second kappa shape index (κ2) is 9.28. The minimum absolute atomic E-state index is 0.259. The predicted octanol–water partition coefficient (Wildman–Crippen LogP) is 4.49. The largest absolute Gasteiger partial charge is 0.478 e. The van der Waals surface area contributed by atoms with Crippen LogP contribution in [0, 0.1) is 13.8 Å². The molecule has 1 aliphatic carbocycles. The van der Waals surface area contributed by atoms with E-state index in [0.717, 1.165) is 29.7 Å². The molecule has 2 heterocycles. The van der Waals surface area contributed by atoms with Crippen LogP contribution in [-0.2, 0) is 4.74 Å². The number of pyridine rings is 2. The van der Waals surface area contributed by atoms with Crippen LogP contribution in [0.4, 0.5) is 0 Å². The number of hydrogen-bond acceptors (Lipinski definition) is 5. The summed E-state index contributed by atoms with van der Waals surface area (Å²) in [6.45, 7) is 3.69. The van der Waals surface area contributed by atoms with Crippen LogP contribution in [0.1, 0.15) is 56.8 Å². The molecule has 0 aromatic carbocycles. The number of halogens is 1. The number of rotatable bonds is 3. The smallest absolute Gasteiger partial charge is 0.339 e. The third kappa shape index (κ3) is 5.37. The number of carboxylic acid groups (broad SMARTS) is 1. The van der Waals surface area contributed by atoms with Gasteiger partial charge in [-0.05, 0) is 61.9 Å². The lowest BCUT2D eigenvalue weighted by atomic mass is 10.1. The van der Waals surface area contributed by atoms with E-state index in [0.29, 0.717) is 10.7 Å². The number of carbonyl (C=O) groups excluding carboxylic acids is 1. The fourth-order valence-corrected chi connectivity index (χ4v) is 2.80. The molecule has 0 radical (unpaired) electrons. The normalized spacial score (nSPS) is 12.7. The Kier molecular flexibility index (Phi) is 7.07. The highest BCUT2D eigenvalue weighted by Gasteiger charge is 2.13. The number of carbonyl (C=O) groups is 2. The number of nitrogens with zero attached hydrogens (tertiary/aromatic N) is 2. The first-order valence-electron chi connectivity index (χ1n) is 8.43. The zero-order valence-electron chi connectivity index (χ0n) is 15.5.